The van der Waals surface area contributed by atoms with Crippen LogP contribution in [0.4, 0.5) is 0 Å². The number of para-hydroxylation sites is 1. The van der Waals surface area contributed by atoms with Crippen molar-refractivity contribution in [2.45, 2.75) is 51.1 Å². The summed E-state index contributed by atoms with van der Waals surface area (Å²) in [6, 6.07) is 7.66. The third kappa shape index (κ3) is 4.43. The Morgan fingerprint density at radius 2 is 2.15 bits per heavy atom. The van der Waals surface area contributed by atoms with Crippen molar-refractivity contribution in [3.63, 3.8) is 0 Å². The van der Waals surface area contributed by atoms with E-state index in [4.69, 9.17) is 4.74 Å². The van der Waals surface area contributed by atoms with Gasteiger partial charge in [-0.1, -0.05) is 31.5 Å². The van der Waals surface area contributed by atoms with E-state index in [1.165, 1.54) is 0 Å². The molecule has 3 atom stereocenters. The minimum atomic E-state index is -0.275. The largest absolute Gasteiger partial charge is 0.496 e. The topological polar surface area (TPSA) is 70.7 Å². The van der Waals surface area contributed by atoms with E-state index in [1.807, 2.05) is 29.2 Å². The lowest BCUT2D eigenvalue weighted by atomic mass is 9.82. The van der Waals surface area contributed by atoms with Crippen LogP contribution in [0.5, 0.6) is 5.75 Å². The third-order valence-electron chi connectivity index (χ3n) is 5.66. The van der Waals surface area contributed by atoms with Crippen molar-refractivity contribution >= 4 is 11.8 Å². The summed E-state index contributed by atoms with van der Waals surface area (Å²) in [6.07, 6.45) is 3.90. The second-order valence-corrected chi connectivity index (χ2v) is 7.47. The van der Waals surface area contributed by atoms with Gasteiger partial charge in [0.25, 0.3) is 0 Å². The average Bonchev–Trinajstić information content (AvgIpc) is 3.19. The molecule has 0 saturated carbocycles. The van der Waals surface area contributed by atoms with Crippen molar-refractivity contribution in [3.8, 4) is 5.75 Å². The molecule has 2 aliphatic heterocycles. The summed E-state index contributed by atoms with van der Waals surface area (Å²) >= 11 is 0. The number of nitrogens with one attached hydrogen (secondary N) is 2. The standard InChI is InChI=1S/C21H31N3O3/c1-3-4-13-24-19(25)10-9-17(21(26)23-15-11-12-22-14-15)20(24)16-7-5-6-8-18(16)27-2/h5-8,15,17,20,22H,3-4,9-14H2,1-2H3,(H,23,26). The highest BCUT2D eigenvalue weighted by atomic mass is 16.5. The van der Waals surface area contributed by atoms with Gasteiger partial charge in [-0.05, 0) is 31.9 Å². The number of likely N-dealkylation sites (tertiary alicyclic amines) is 1. The van der Waals surface area contributed by atoms with Crippen LogP contribution in [0.25, 0.3) is 0 Å². The molecule has 2 saturated heterocycles. The van der Waals surface area contributed by atoms with Gasteiger partial charge in [-0.3, -0.25) is 9.59 Å². The number of hydrogen-bond acceptors (Lipinski definition) is 4. The van der Waals surface area contributed by atoms with Gasteiger partial charge in [0.2, 0.25) is 11.8 Å². The summed E-state index contributed by atoms with van der Waals surface area (Å²) in [5.74, 6) is 0.662. The summed E-state index contributed by atoms with van der Waals surface area (Å²) in [5, 5.41) is 6.48. The SMILES string of the molecule is CCCCN1C(=O)CCC(C(=O)NC2CCNC2)C1c1ccccc1OC. The van der Waals surface area contributed by atoms with Crippen LogP contribution in [0, 0.1) is 5.92 Å². The fraction of sp³-hybridized carbons (Fsp3) is 0.619. The number of carbonyl (C=O) groups excluding carboxylic acids is 2. The molecule has 0 aromatic heterocycles. The Kier molecular flexibility index (Phi) is 6.72. The van der Waals surface area contributed by atoms with Crippen molar-refractivity contribution in [2.24, 2.45) is 5.92 Å². The molecule has 0 aliphatic carbocycles. The number of benzene rings is 1. The lowest BCUT2D eigenvalue weighted by molar-refractivity contribution is -0.143. The normalized spacial score (nSPS) is 25.5. The van der Waals surface area contributed by atoms with Gasteiger partial charge in [-0.2, -0.15) is 0 Å². The smallest absolute Gasteiger partial charge is 0.225 e. The molecule has 2 fully saturated rings. The van der Waals surface area contributed by atoms with E-state index in [2.05, 4.69) is 17.6 Å². The molecule has 1 aromatic carbocycles. The summed E-state index contributed by atoms with van der Waals surface area (Å²) in [5.41, 5.74) is 0.925. The molecule has 2 aliphatic rings. The van der Waals surface area contributed by atoms with Crippen molar-refractivity contribution < 1.29 is 14.3 Å². The first-order valence-electron chi connectivity index (χ1n) is 10.1. The maximum atomic E-state index is 13.1. The van der Waals surface area contributed by atoms with Gasteiger partial charge < -0.3 is 20.3 Å². The van der Waals surface area contributed by atoms with Crippen molar-refractivity contribution in [3.05, 3.63) is 29.8 Å². The molecule has 2 N–H and O–H groups in total. The second kappa shape index (κ2) is 9.22. The third-order valence-corrected chi connectivity index (χ3v) is 5.66. The molecule has 6 nitrogen and oxygen atoms in total. The number of methoxy groups -OCH3 is 1. The molecule has 0 radical (unpaired) electrons. The lowest BCUT2D eigenvalue weighted by Crippen LogP contribution is -2.50. The van der Waals surface area contributed by atoms with Crippen molar-refractivity contribution in [1.29, 1.82) is 0 Å². The molecule has 3 unspecified atom stereocenters. The summed E-state index contributed by atoms with van der Waals surface area (Å²) in [7, 11) is 1.64. The van der Waals surface area contributed by atoms with Gasteiger partial charge >= 0.3 is 0 Å². The second-order valence-electron chi connectivity index (χ2n) is 7.47. The number of hydrogen-bond donors (Lipinski definition) is 2. The Morgan fingerprint density at radius 1 is 1.33 bits per heavy atom. The Hall–Kier alpha value is -2.08. The maximum absolute atomic E-state index is 13.1. The quantitative estimate of drug-likeness (QED) is 0.769. The molecule has 1 aromatic rings. The first-order valence-corrected chi connectivity index (χ1v) is 10.1. The Balaban J connectivity index is 1.91. The highest BCUT2D eigenvalue weighted by molar-refractivity contribution is 5.85. The lowest BCUT2D eigenvalue weighted by Gasteiger charge is -2.41. The Morgan fingerprint density at radius 3 is 2.85 bits per heavy atom. The molecule has 2 amide bonds. The van der Waals surface area contributed by atoms with Crippen LogP contribution in [0.15, 0.2) is 24.3 Å². The predicted octanol–water partition coefficient (Wildman–Crippen LogP) is 2.25. The van der Waals surface area contributed by atoms with Crippen LogP contribution in [0.3, 0.4) is 0 Å². The van der Waals surface area contributed by atoms with E-state index in [0.717, 1.165) is 43.7 Å². The van der Waals surface area contributed by atoms with Crippen LogP contribution >= 0.6 is 0 Å². The average molecular weight is 373 g/mol. The highest BCUT2D eigenvalue weighted by Crippen LogP contribution is 2.40. The molecular weight excluding hydrogens is 342 g/mol. The zero-order valence-corrected chi connectivity index (χ0v) is 16.4. The zero-order valence-electron chi connectivity index (χ0n) is 16.4. The van der Waals surface area contributed by atoms with Crippen LogP contribution in [-0.4, -0.2) is 49.5 Å². The first-order chi connectivity index (χ1) is 13.2. The molecular formula is C21H31N3O3. The Labute approximate surface area is 161 Å². The molecule has 148 valence electrons. The predicted molar refractivity (Wildman–Crippen MR) is 104 cm³/mol. The zero-order chi connectivity index (χ0) is 19.2. The van der Waals surface area contributed by atoms with Gasteiger partial charge in [0.1, 0.15) is 5.75 Å². The number of nitrogens with zero attached hydrogens (tertiary/aromatic N) is 1. The van der Waals surface area contributed by atoms with Crippen LogP contribution in [0.2, 0.25) is 0 Å². The molecule has 6 heteroatoms. The van der Waals surface area contributed by atoms with Crippen molar-refractivity contribution in [1.82, 2.24) is 15.5 Å². The van der Waals surface area contributed by atoms with E-state index in [0.29, 0.717) is 19.4 Å². The van der Waals surface area contributed by atoms with Gasteiger partial charge in [-0.15, -0.1) is 0 Å². The van der Waals surface area contributed by atoms with Crippen LogP contribution in [-0.2, 0) is 9.59 Å². The summed E-state index contributed by atoms with van der Waals surface area (Å²) in [6.45, 7) is 4.54. The van der Waals surface area contributed by atoms with Crippen molar-refractivity contribution in [2.75, 3.05) is 26.7 Å². The monoisotopic (exact) mass is 373 g/mol. The minimum Gasteiger partial charge on any atom is -0.496 e. The number of amides is 2. The maximum Gasteiger partial charge on any atom is 0.225 e. The highest BCUT2D eigenvalue weighted by Gasteiger charge is 2.42. The Bertz CT molecular complexity index is 658. The number of rotatable bonds is 7. The van der Waals surface area contributed by atoms with Gasteiger partial charge in [0.05, 0.1) is 19.1 Å². The summed E-state index contributed by atoms with van der Waals surface area (Å²) < 4.78 is 5.57. The van der Waals surface area contributed by atoms with E-state index < -0.39 is 0 Å². The number of piperidine rings is 1. The minimum absolute atomic E-state index is 0.0496. The number of unbranched alkanes of at least 4 members (excludes halogenated alkanes) is 1. The van der Waals surface area contributed by atoms with E-state index >= 15 is 0 Å². The molecule has 0 bridgehead atoms. The fourth-order valence-corrected chi connectivity index (χ4v) is 4.20. The van der Waals surface area contributed by atoms with E-state index in [1.54, 1.807) is 7.11 Å². The van der Waals surface area contributed by atoms with Crippen LogP contribution < -0.4 is 15.4 Å². The first kappa shape index (κ1) is 19.7. The van der Waals surface area contributed by atoms with E-state index in [-0.39, 0.29) is 29.8 Å². The molecule has 3 rings (SSSR count). The number of ether oxygens (including phenoxy) is 1. The van der Waals surface area contributed by atoms with Gasteiger partial charge in [0.15, 0.2) is 0 Å². The number of carbonyl (C=O) groups is 2. The summed E-state index contributed by atoms with van der Waals surface area (Å²) in [4.78, 5) is 27.8. The molecule has 0 spiro atoms. The fourth-order valence-electron chi connectivity index (χ4n) is 4.20. The molecule has 2 heterocycles. The van der Waals surface area contributed by atoms with Crippen LogP contribution in [0.1, 0.15) is 50.6 Å². The van der Waals surface area contributed by atoms with Gasteiger partial charge in [-0.25, -0.2) is 0 Å². The van der Waals surface area contributed by atoms with E-state index in [9.17, 15) is 9.59 Å². The van der Waals surface area contributed by atoms with Gasteiger partial charge in [0, 0.05) is 31.1 Å². The molecule has 27 heavy (non-hydrogen) atoms.